The number of rotatable bonds is 7. The molecule has 2 N–H and O–H groups in total. The summed E-state index contributed by atoms with van der Waals surface area (Å²) in [7, 11) is 0. The normalized spacial score (nSPS) is 19.5. The number of benzene rings is 2. The van der Waals surface area contributed by atoms with E-state index in [1.807, 2.05) is 76.2 Å². The van der Waals surface area contributed by atoms with E-state index in [1.54, 1.807) is 0 Å². The van der Waals surface area contributed by atoms with E-state index in [1.165, 1.54) is 0 Å². The van der Waals surface area contributed by atoms with Crippen LogP contribution in [0, 0.1) is 13.8 Å². The topological polar surface area (TPSA) is 78.5 Å². The minimum absolute atomic E-state index is 0.0121. The van der Waals surface area contributed by atoms with Gasteiger partial charge in [0, 0.05) is 6.04 Å². The first-order chi connectivity index (χ1) is 14.3. The number of nitrogens with one attached hydrogen (secondary N) is 2. The van der Waals surface area contributed by atoms with Gasteiger partial charge in [-0.15, -0.1) is 0 Å². The van der Waals surface area contributed by atoms with Gasteiger partial charge in [-0.1, -0.05) is 61.9 Å². The predicted octanol–water partition coefficient (Wildman–Crippen LogP) is 3.40. The van der Waals surface area contributed by atoms with Crippen molar-refractivity contribution in [2.75, 3.05) is 6.54 Å². The van der Waals surface area contributed by atoms with Crippen LogP contribution in [-0.2, 0) is 15.1 Å². The second kappa shape index (κ2) is 8.69. The van der Waals surface area contributed by atoms with Crippen molar-refractivity contribution in [2.45, 2.75) is 52.1 Å². The Bertz CT molecular complexity index is 957. The number of nitrogens with zero attached hydrogens (tertiary/aromatic N) is 1. The Morgan fingerprint density at radius 1 is 1.07 bits per heavy atom. The second-order valence-electron chi connectivity index (χ2n) is 7.99. The zero-order chi connectivity index (χ0) is 21.9. The first-order valence-corrected chi connectivity index (χ1v) is 10.4. The third kappa shape index (κ3) is 3.95. The van der Waals surface area contributed by atoms with Gasteiger partial charge in [0.2, 0.25) is 5.91 Å². The van der Waals surface area contributed by atoms with Crippen molar-refractivity contribution in [1.29, 1.82) is 0 Å². The molecule has 4 amide bonds. The van der Waals surface area contributed by atoms with E-state index in [0.717, 1.165) is 28.9 Å². The molecule has 30 heavy (non-hydrogen) atoms. The van der Waals surface area contributed by atoms with E-state index >= 15 is 0 Å². The number of imide groups is 1. The number of carbonyl (C=O) groups excluding carboxylic acids is 3. The summed E-state index contributed by atoms with van der Waals surface area (Å²) in [5, 5.41) is 5.75. The van der Waals surface area contributed by atoms with Crippen LogP contribution in [0.5, 0.6) is 0 Å². The van der Waals surface area contributed by atoms with Crippen molar-refractivity contribution in [2.24, 2.45) is 0 Å². The Kier molecular flexibility index (Phi) is 6.25. The SMILES string of the molecule is CCC[C@@H](C)NC(=O)CN1C(=O)N[C@](c2ccccc2)(c2ccc(C)c(C)c2)C1=O. The molecule has 0 unspecified atom stereocenters. The van der Waals surface area contributed by atoms with Crippen LogP contribution in [0.25, 0.3) is 0 Å². The monoisotopic (exact) mass is 407 g/mol. The summed E-state index contributed by atoms with van der Waals surface area (Å²) >= 11 is 0. The number of amides is 4. The van der Waals surface area contributed by atoms with Crippen LogP contribution in [0.15, 0.2) is 48.5 Å². The van der Waals surface area contributed by atoms with Gasteiger partial charge in [-0.2, -0.15) is 0 Å². The molecule has 1 heterocycles. The molecular formula is C24H29N3O3. The highest BCUT2D eigenvalue weighted by atomic mass is 16.2. The lowest BCUT2D eigenvalue weighted by Crippen LogP contribution is -2.46. The third-order valence-corrected chi connectivity index (χ3v) is 5.68. The largest absolute Gasteiger partial charge is 0.352 e. The number of aryl methyl sites for hydroxylation is 2. The summed E-state index contributed by atoms with van der Waals surface area (Å²) in [4.78, 5) is 40.0. The maximum atomic E-state index is 13.6. The highest BCUT2D eigenvalue weighted by molar-refractivity contribution is 6.11. The Hall–Kier alpha value is -3.15. The van der Waals surface area contributed by atoms with Gasteiger partial charge >= 0.3 is 6.03 Å². The molecule has 0 bridgehead atoms. The zero-order valence-corrected chi connectivity index (χ0v) is 18.0. The van der Waals surface area contributed by atoms with Crippen LogP contribution in [0.4, 0.5) is 4.79 Å². The van der Waals surface area contributed by atoms with Gasteiger partial charge in [-0.25, -0.2) is 4.79 Å². The quantitative estimate of drug-likeness (QED) is 0.691. The molecule has 1 fully saturated rings. The molecular weight excluding hydrogens is 378 g/mol. The Balaban J connectivity index is 1.98. The maximum absolute atomic E-state index is 13.6. The molecule has 2 aromatic carbocycles. The van der Waals surface area contributed by atoms with Gasteiger partial charge in [-0.3, -0.25) is 14.5 Å². The van der Waals surface area contributed by atoms with Crippen molar-refractivity contribution in [1.82, 2.24) is 15.5 Å². The van der Waals surface area contributed by atoms with Crippen molar-refractivity contribution in [3.05, 3.63) is 70.8 Å². The maximum Gasteiger partial charge on any atom is 0.326 e. The van der Waals surface area contributed by atoms with Crippen molar-refractivity contribution >= 4 is 17.8 Å². The average Bonchev–Trinajstić information content (AvgIpc) is 2.96. The molecule has 6 nitrogen and oxygen atoms in total. The van der Waals surface area contributed by atoms with E-state index in [0.29, 0.717) is 11.1 Å². The fourth-order valence-electron chi connectivity index (χ4n) is 3.91. The van der Waals surface area contributed by atoms with Crippen molar-refractivity contribution in [3.8, 4) is 0 Å². The lowest BCUT2D eigenvalue weighted by Gasteiger charge is -2.28. The molecule has 1 aliphatic heterocycles. The van der Waals surface area contributed by atoms with Gasteiger partial charge in [0.15, 0.2) is 5.54 Å². The van der Waals surface area contributed by atoms with Gasteiger partial charge < -0.3 is 10.6 Å². The first kappa shape index (κ1) is 21.6. The van der Waals surface area contributed by atoms with Crippen LogP contribution in [0.3, 0.4) is 0 Å². The van der Waals surface area contributed by atoms with E-state index in [4.69, 9.17) is 0 Å². The highest BCUT2D eigenvalue weighted by Crippen LogP contribution is 2.36. The number of urea groups is 1. The minimum atomic E-state index is -1.36. The summed E-state index contributed by atoms with van der Waals surface area (Å²) in [5.41, 5.74) is 2.10. The summed E-state index contributed by atoms with van der Waals surface area (Å²) in [6.45, 7) is 7.61. The number of hydrogen-bond donors (Lipinski definition) is 2. The van der Waals surface area contributed by atoms with Gasteiger partial charge in [0.25, 0.3) is 5.91 Å². The highest BCUT2D eigenvalue weighted by Gasteiger charge is 2.54. The summed E-state index contributed by atoms with van der Waals surface area (Å²) in [5.74, 6) is -0.788. The molecule has 3 rings (SSSR count). The fraction of sp³-hybridized carbons (Fsp3) is 0.375. The Labute approximate surface area is 177 Å². The molecule has 0 saturated carbocycles. The summed E-state index contributed by atoms with van der Waals surface area (Å²) < 4.78 is 0. The predicted molar refractivity (Wildman–Crippen MR) is 116 cm³/mol. The van der Waals surface area contributed by atoms with Crippen LogP contribution in [0.2, 0.25) is 0 Å². The van der Waals surface area contributed by atoms with E-state index in [2.05, 4.69) is 10.6 Å². The van der Waals surface area contributed by atoms with Gasteiger partial charge in [0.1, 0.15) is 6.54 Å². The molecule has 158 valence electrons. The van der Waals surface area contributed by atoms with E-state index < -0.39 is 17.5 Å². The molecule has 2 aromatic rings. The third-order valence-electron chi connectivity index (χ3n) is 5.68. The molecule has 0 radical (unpaired) electrons. The lowest BCUT2D eigenvalue weighted by atomic mass is 9.81. The molecule has 1 saturated heterocycles. The van der Waals surface area contributed by atoms with Crippen molar-refractivity contribution < 1.29 is 14.4 Å². The van der Waals surface area contributed by atoms with Gasteiger partial charge in [-0.05, 0) is 49.4 Å². The van der Waals surface area contributed by atoms with Crippen LogP contribution in [-0.4, -0.2) is 35.3 Å². The number of hydrogen-bond acceptors (Lipinski definition) is 3. The van der Waals surface area contributed by atoms with Crippen LogP contribution >= 0.6 is 0 Å². The molecule has 6 heteroatoms. The van der Waals surface area contributed by atoms with Crippen LogP contribution < -0.4 is 10.6 Å². The average molecular weight is 408 g/mol. The smallest absolute Gasteiger partial charge is 0.326 e. The van der Waals surface area contributed by atoms with Crippen molar-refractivity contribution in [3.63, 3.8) is 0 Å². The first-order valence-electron chi connectivity index (χ1n) is 10.4. The van der Waals surface area contributed by atoms with Crippen LogP contribution in [0.1, 0.15) is 48.9 Å². The Morgan fingerprint density at radius 3 is 2.40 bits per heavy atom. The summed E-state index contributed by atoms with van der Waals surface area (Å²) in [6, 6.07) is 14.3. The van der Waals surface area contributed by atoms with E-state index in [9.17, 15) is 14.4 Å². The molecule has 2 atom stereocenters. The van der Waals surface area contributed by atoms with E-state index in [-0.39, 0.29) is 18.5 Å². The lowest BCUT2D eigenvalue weighted by molar-refractivity contribution is -0.134. The number of carbonyl (C=O) groups is 3. The summed E-state index contributed by atoms with van der Waals surface area (Å²) in [6.07, 6.45) is 1.77. The molecule has 0 aromatic heterocycles. The molecule has 0 aliphatic carbocycles. The standard InChI is InChI=1S/C24H29N3O3/c1-5-9-18(4)25-21(28)15-27-22(29)24(26-23(27)30,19-10-7-6-8-11-19)20-13-12-16(2)17(3)14-20/h6-8,10-14,18H,5,9,15H2,1-4H3,(H,25,28)(H,26,30)/t18-,24-/m1/s1. The molecule has 1 aliphatic rings. The zero-order valence-electron chi connectivity index (χ0n) is 18.0. The minimum Gasteiger partial charge on any atom is -0.352 e. The fourth-order valence-corrected chi connectivity index (χ4v) is 3.91. The molecule has 0 spiro atoms. The second-order valence-corrected chi connectivity index (χ2v) is 7.99. The Morgan fingerprint density at radius 2 is 1.77 bits per heavy atom. The van der Waals surface area contributed by atoms with Gasteiger partial charge in [0.05, 0.1) is 0 Å².